The van der Waals surface area contributed by atoms with Gasteiger partial charge in [0.25, 0.3) is 5.91 Å². The first-order chi connectivity index (χ1) is 14.0. The summed E-state index contributed by atoms with van der Waals surface area (Å²) in [6.45, 7) is 0.403. The number of hydrogen-bond donors (Lipinski definition) is 1. The number of amides is 2. The van der Waals surface area contributed by atoms with Crippen molar-refractivity contribution in [2.75, 3.05) is 25.2 Å². The van der Waals surface area contributed by atoms with Gasteiger partial charge >= 0.3 is 0 Å². The Hall–Kier alpha value is -2.77. The van der Waals surface area contributed by atoms with Crippen molar-refractivity contribution in [3.05, 3.63) is 77.1 Å². The van der Waals surface area contributed by atoms with Gasteiger partial charge in [-0.25, -0.2) is 0 Å². The van der Waals surface area contributed by atoms with Crippen LogP contribution in [0.2, 0.25) is 5.02 Å². The van der Waals surface area contributed by atoms with Crippen molar-refractivity contribution in [3.8, 4) is 0 Å². The van der Waals surface area contributed by atoms with Crippen LogP contribution in [0.3, 0.4) is 0 Å². The Bertz CT molecular complexity index is 1020. The van der Waals surface area contributed by atoms with Crippen LogP contribution in [0, 0.1) is 0 Å². The molecule has 6 nitrogen and oxygen atoms in total. The average molecular weight is 429 g/mol. The van der Waals surface area contributed by atoms with Gasteiger partial charge in [-0.05, 0) is 30.0 Å². The highest BCUT2D eigenvalue weighted by Crippen LogP contribution is 2.24. The van der Waals surface area contributed by atoms with Crippen molar-refractivity contribution in [3.63, 3.8) is 0 Å². The lowest BCUT2D eigenvalue weighted by Crippen LogP contribution is -2.34. The summed E-state index contributed by atoms with van der Waals surface area (Å²) in [6.07, 6.45) is 5.10. The van der Waals surface area contributed by atoms with E-state index in [0.29, 0.717) is 17.1 Å². The molecule has 0 aliphatic carbocycles. The smallest absolute Gasteiger partial charge is 0.257 e. The molecule has 0 radical (unpaired) electrons. The second kappa shape index (κ2) is 9.62. The molecule has 1 N–H and O–H groups in total. The minimum absolute atomic E-state index is 0.0583. The molecular formula is C21H21ClN4O2S. The first-order valence-corrected chi connectivity index (χ1v) is 10.5. The second-order valence-electron chi connectivity index (χ2n) is 6.43. The summed E-state index contributed by atoms with van der Waals surface area (Å²) >= 11 is 7.73. The average Bonchev–Trinajstić information content (AvgIpc) is 3.18. The monoisotopic (exact) mass is 428 g/mol. The Morgan fingerprint density at radius 2 is 1.90 bits per heavy atom. The number of halogens is 1. The Kier molecular flexibility index (Phi) is 6.95. The van der Waals surface area contributed by atoms with Gasteiger partial charge in [0.2, 0.25) is 5.91 Å². The van der Waals surface area contributed by atoms with E-state index in [1.165, 1.54) is 11.1 Å². The molecule has 0 aliphatic heterocycles. The molecular weight excluding hydrogens is 408 g/mol. The predicted molar refractivity (Wildman–Crippen MR) is 117 cm³/mol. The van der Waals surface area contributed by atoms with E-state index in [2.05, 4.69) is 10.4 Å². The van der Waals surface area contributed by atoms with Crippen LogP contribution in [0.15, 0.2) is 65.8 Å². The molecule has 150 valence electrons. The Morgan fingerprint density at radius 1 is 1.17 bits per heavy atom. The maximum Gasteiger partial charge on any atom is 0.257 e. The van der Waals surface area contributed by atoms with Gasteiger partial charge in [-0.1, -0.05) is 41.9 Å². The number of rotatable bonds is 7. The zero-order chi connectivity index (χ0) is 20.8. The van der Waals surface area contributed by atoms with E-state index in [-0.39, 0.29) is 18.4 Å². The van der Waals surface area contributed by atoms with E-state index in [1.807, 2.05) is 54.8 Å². The van der Waals surface area contributed by atoms with Crippen LogP contribution in [0.5, 0.6) is 0 Å². The third-order valence-corrected chi connectivity index (χ3v) is 5.44. The Labute approximate surface area is 178 Å². The SMILES string of the molecule is CSc1ccccc1NC(=O)CN(C)C(=O)c1cnn(Cc2ccccc2Cl)c1. The molecule has 29 heavy (non-hydrogen) atoms. The Morgan fingerprint density at radius 3 is 2.66 bits per heavy atom. The van der Waals surface area contributed by atoms with Gasteiger partial charge in [-0.2, -0.15) is 5.10 Å². The predicted octanol–water partition coefficient (Wildman–Crippen LogP) is 4.02. The third kappa shape index (κ3) is 5.40. The van der Waals surface area contributed by atoms with Gasteiger partial charge in [-0.15, -0.1) is 11.8 Å². The van der Waals surface area contributed by atoms with Crippen molar-refractivity contribution in [2.24, 2.45) is 0 Å². The molecule has 0 unspecified atom stereocenters. The molecule has 0 saturated carbocycles. The molecule has 2 amide bonds. The molecule has 0 saturated heterocycles. The lowest BCUT2D eigenvalue weighted by atomic mass is 10.2. The lowest BCUT2D eigenvalue weighted by molar-refractivity contribution is -0.116. The summed E-state index contributed by atoms with van der Waals surface area (Å²) in [5.74, 6) is -0.533. The fourth-order valence-electron chi connectivity index (χ4n) is 2.81. The van der Waals surface area contributed by atoms with Gasteiger partial charge in [0.05, 0.1) is 30.5 Å². The van der Waals surface area contributed by atoms with Gasteiger partial charge in [-0.3, -0.25) is 14.3 Å². The summed E-state index contributed by atoms with van der Waals surface area (Å²) in [4.78, 5) is 27.3. The highest BCUT2D eigenvalue weighted by Gasteiger charge is 2.17. The maximum absolute atomic E-state index is 12.7. The fourth-order valence-corrected chi connectivity index (χ4v) is 3.56. The van der Waals surface area contributed by atoms with Crippen molar-refractivity contribution >= 4 is 40.9 Å². The molecule has 2 aromatic carbocycles. The van der Waals surface area contributed by atoms with Crippen LogP contribution in [-0.2, 0) is 11.3 Å². The number of benzene rings is 2. The van der Waals surface area contributed by atoms with E-state index < -0.39 is 0 Å². The zero-order valence-electron chi connectivity index (χ0n) is 16.1. The number of hydrogen-bond acceptors (Lipinski definition) is 4. The molecule has 8 heteroatoms. The molecule has 3 aromatic rings. The van der Waals surface area contributed by atoms with Gasteiger partial charge in [0.1, 0.15) is 0 Å². The van der Waals surface area contributed by atoms with Crippen LogP contribution < -0.4 is 5.32 Å². The number of nitrogens with one attached hydrogen (secondary N) is 1. The minimum Gasteiger partial charge on any atom is -0.332 e. The first kappa shape index (κ1) is 21.0. The summed E-state index contributed by atoms with van der Waals surface area (Å²) in [5.41, 5.74) is 2.06. The van der Waals surface area contributed by atoms with Gasteiger partial charge in [0.15, 0.2) is 0 Å². The molecule has 0 aliphatic rings. The molecule has 1 heterocycles. The second-order valence-corrected chi connectivity index (χ2v) is 7.68. The number of aromatic nitrogens is 2. The van der Waals surface area contributed by atoms with Crippen molar-refractivity contribution in [2.45, 2.75) is 11.4 Å². The van der Waals surface area contributed by atoms with Crippen LogP contribution in [-0.4, -0.2) is 46.3 Å². The first-order valence-electron chi connectivity index (χ1n) is 8.92. The van der Waals surface area contributed by atoms with Crippen molar-refractivity contribution < 1.29 is 9.59 Å². The quantitative estimate of drug-likeness (QED) is 0.577. The van der Waals surface area contributed by atoms with Crippen LogP contribution in [0.4, 0.5) is 5.69 Å². The fraction of sp³-hybridized carbons (Fsp3) is 0.190. The largest absolute Gasteiger partial charge is 0.332 e. The molecule has 0 bridgehead atoms. The Balaban J connectivity index is 1.61. The lowest BCUT2D eigenvalue weighted by Gasteiger charge is -2.16. The number of para-hydroxylation sites is 1. The van der Waals surface area contributed by atoms with Crippen LogP contribution in [0.25, 0.3) is 0 Å². The van der Waals surface area contributed by atoms with Gasteiger partial charge < -0.3 is 10.2 Å². The standard InChI is InChI=1S/C21H21ClN4O2S/c1-25(14-20(27)24-18-9-5-6-10-19(18)29-2)21(28)16-11-23-26(13-16)12-15-7-3-4-8-17(15)22/h3-11,13H,12,14H2,1-2H3,(H,24,27). The van der Waals surface area contributed by atoms with Crippen LogP contribution >= 0.6 is 23.4 Å². The molecule has 0 fully saturated rings. The maximum atomic E-state index is 12.7. The number of carbonyl (C=O) groups excluding carboxylic acids is 2. The summed E-state index contributed by atoms with van der Waals surface area (Å²) < 4.78 is 1.65. The highest BCUT2D eigenvalue weighted by molar-refractivity contribution is 7.98. The number of carbonyl (C=O) groups is 2. The summed E-state index contributed by atoms with van der Waals surface area (Å²) in [5, 5.41) is 7.73. The molecule has 0 spiro atoms. The number of anilines is 1. The van der Waals surface area contributed by atoms with E-state index >= 15 is 0 Å². The van der Waals surface area contributed by atoms with Crippen LogP contribution in [0.1, 0.15) is 15.9 Å². The van der Waals surface area contributed by atoms with Crippen molar-refractivity contribution in [1.29, 1.82) is 0 Å². The number of nitrogens with zero attached hydrogens (tertiary/aromatic N) is 3. The molecule has 0 atom stereocenters. The highest BCUT2D eigenvalue weighted by atomic mass is 35.5. The summed E-state index contributed by atoms with van der Waals surface area (Å²) in [6, 6.07) is 15.0. The zero-order valence-corrected chi connectivity index (χ0v) is 17.7. The van der Waals surface area contributed by atoms with Crippen molar-refractivity contribution in [1.82, 2.24) is 14.7 Å². The molecule has 3 rings (SSSR count). The third-order valence-electron chi connectivity index (χ3n) is 4.28. The number of likely N-dealkylation sites (N-methyl/N-ethyl adjacent to an activating group) is 1. The van der Waals surface area contributed by atoms with Gasteiger partial charge in [0, 0.05) is 23.2 Å². The van der Waals surface area contributed by atoms with E-state index in [1.54, 1.807) is 29.7 Å². The summed E-state index contributed by atoms with van der Waals surface area (Å²) in [7, 11) is 1.59. The minimum atomic E-state index is -0.274. The van der Waals surface area contributed by atoms with E-state index in [9.17, 15) is 9.59 Å². The molecule has 1 aromatic heterocycles. The van der Waals surface area contributed by atoms with E-state index in [4.69, 9.17) is 11.6 Å². The van der Waals surface area contributed by atoms with E-state index in [0.717, 1.165) is 16.1 Å². The topological polar surface area (TPSA) is 67.2 Å². The number of thioether (sulfide) groups is 1. The normalized spacial score (nSPS) is 10.6.